The molecule has 0 amide bonds. The van der Waals surface area contributed by atoms with Gasteiger partial charge in [-0.15, -0.1) is 0 Å². The number of aromatic nitrogens is 1. The smallest absolute Gasteiger partial charge is 0.258 e. The summed E-state index contributed by atoms with van der Waals surface area (Å²) in [5.74, 6) is -0.305. The molecule has 0 aliphatic rings. The molecular weight excluding hydrogens is 351 g/mol. The van der Waals surface area contributed by atoms with Gasteiger partial charge in [0.2, 0.25) is 0 Å². The first-order chi connectivity index (χ1) is 9.31. The minimum atomic E-state index is -0.538. The predicted octanol–water partition coefficient (Wildman–Crippen LogP) is 4.90. The number of rotatable bonds is 3. The van der Waals surface area contributed by atoms with Crippen LogP contribution in [0.4, 0.5) is 10.1 Å². The van der Waals surface area contributed by atoms with Crippen LogP contribution in [0.1, 0.15) is 19.5 Å². The lowest BCUT2D eigenvalue weighted by atomic mass is 10.0. The van der Waals surface area contributed by atoms with E-state index in [1.54, 1.807) is 0 Å². The molecule has 0 spiro atoms. The molecule has 0 saturated carbocycles. The Hall–Kier alpha value is -1.27. The first kappa shape index (κ1) is 15.1. The maximum absolute atomic E-state index is 13.6. The van der Waals surface area contributed by atoms with Gasteiger partial charge in [-0.25, -0.2) is 9.37 Å². The van der Waals surface area contributed by atoms with Crippen molar-refractivity contribution in [2.24, 2.45) is 5.92 Å². The average molecular weight is 362 g/mol. The lowest BCUT2D eigenvalue weighted by Gasteiger charge is -2.09. The molecule has 0 fully saturated rings. The van der Waals surface area contributed by atoms with Crippen molar-refractivity contribution in [3.63, 3.8) is 0 Å². The van der Waals surface area contributed by atoms with Crippen molar-refractivity contribution in [1.82, 2.24) is 4.98 Å². The molecule has 0 radical (unpaired) electrons. The fraction of sp³-hybridized carbons (Fsp3) is 0.308. The first-order valence-corrected chi connectivity index (χ1v) is 7.10. The van der Waals surface area contributed by atoms with Crippen LogP contribution in [0.5, 0.6) is 0 Å². The minimum Gasteiger partial charge on any atom is -0.258 e. The molecule has 4 nitrogen and oxygen atoms in total. The van der Waals surface area contributed by atoms with Gasteiger partial charge in [0.15, 0.2) is 0 Å². The molecule has 20 heavy (non-hydrogen) atoms. The van der Waals surface area contributed by atoms with Crippen LogP contribution in [0.2, 0.25) is 5.02 Å². The predicted molar refractivity (Wildman–Crippen MR) is 79.6 cm³/mol. The zero-order chi connectivity index (χ0) is 15.0. The van der Waals surface area contributed by atoms with E-state index in [-0.39, 0.29) is 26.8 Å². The van der Waals surface area contributed by atoms with Crippen molar-refractivity contribution in [1.29, 1.82) is 0 Å². The average Bonchev–Trinajstić information content (AvgIpc) is 2.31. The standard InChI is InChI=1S/C13H11BrClFN2O2/c1-6(2)3-11-13(18(19)20)12(15)7-4-8(14)9(16)5-10(7)17-11/h4-6H,3H2,1-2H3. The molecule has 0 saturated heterocycles. The second-order valence-electron chi connectivity index (χ2n) is 4.86. The summed E-state index contributed by atoms with van der Waals surface area (Å²) in [6.45, 7) is 3.84. The Balaban J connectivity index is 2.81. The number of fused-ring (bicyclic) bond motifs is 1. The topological polar surface area (TPSA) is 56.0 Å². The van der Waals surface area contributed by atoms with Gasteiger partial charge in [0.25, 0.3) is 0 Å². The number of halogens is 3. The summed E-state index contributed by atoms with van der Waals surface area (Å²) >= 11 is 9.16. The van der Waals surface area contributed by atoms with Gasteiger partial charge in [-0.3, -0.25) is 10.1 Å². The summed E-state index contributed by atoms with van der Waals surface area (Å²) in [7, 11) is 0. The molecular formula is C13H11BrClFN2O2. The number of nitrogens with zero attached hydrogens (tertiary/aromatic N) is 2. The molecule has 0 aliphatic carbocycles. The van der Waals surface area contributed by atoms with Crippen molar-refractivity contribution >= 4 is 44.1 Å². The SMILES string of the molecule is CC(C)Cc1nc2cc(F)c(Br)cc2c(Cl)c1[N+](=O)[O-]. The summed E-state index contributed by atoms with van der Waals surface area (Å²) in [6, 6.07) is 2.63. The maximum atomic E-state index is 13.6. The Labute approximate surface area is 128 Å². The largest absolute Gasteiger partial charge is 0.309 e. The molecule has 0 unspecified atom stereocenters. The van der Waals surface area contributed by atoms with Crippen LogP contribution in [-0.2, 0) is 6.42 Å². The Bertz CT molecular complexity index is 707. The van der Waals surface area contributed by atoms with E-state index in [1.165, 1.54) is 12.1 Å². The molecule has 0 bridgehead atoms. The fourth-order valence-corrected chi connectivity index (χ4v) is 2.64. The molecule has 1 heterocycles. The van der Waals surface area contributed by atoms with Crippen molar-refractivity contribution in [3.8, 4) is 0 Å². The van der Waals surface area contributed by atoms with E-state index in [2.05, 4.69) is 20.9 Å². The number of hydrogen-bond donors (Lipinski definition) is 0. The van der Waals surface area contributed by atoms with Crippen LogP contribution >= 0.6 is 27.5 Å². The third kappa shape index (κ3) is 2.76. The van der Waals surface area contributed by atoms with E-state index in [0.717, 1.165) is 0 Å². The van der Waals surface area contributed by atoms with Gasteiger partial charge in [-0.05, 0) is 34.3 Å². The Morgan fingerprint density at radius 2 is 2.15 bits per heavy atom. The summed E-state index contributed by atoms with van der Waals surface area (Å²) in [5.41, 5.74) is 0.396. The van der Waals surface area contributed by atoms with E-state index in [9.17, 15) is 14.5 Å². The van der Waals surface area contributed by atoms with Gasteiger partial charge in [-0.1, -0.05) is 25.4 Å². The maximum Gasteiger partial charge on any atom is 0.309 e. The third-order valence-corrected chi connectivity index (χ3v) is 3.79. The number of pyridine rings is 1. The Morgan fingerprint density at radius 1 is 1.50 bits per heavy atom. The Kier molecular flexibility index (Phi) is 4.25. The van der Waals surface area contributed by atoms with Crippen LogP contribution in [0.25, 0.3) is 10.9 Å². The zero-order valence-electron chi connectivity index (χ0n) is 10.8. The van der Waals surface area contributed by atoms with Crippen LogP contribution in [0, 0.1) is 21.8 Å². The molecule has 106 valence electrons. The fourth-order valence-electron chi connectivity index (χ4n) is 1.97. The summed E-state index contributed by atoms with van der Waals surface area (Å²) in [5, 5.41) is 11.6. The number of hydrogen-bond acceptors (Lipinski definition) is 3. The highest BCUT2D eigenvalue weighted by molar-refractivity contribution is 9.10. The van der Waals surface area contributed by atoms with Gasteiger partial charge in [0, 0.05) is 11.5 Å². The quantitative estimate of drug-likeness (QED) is 0.577. The highest BCUT2D eigenvalue weighted by Crippen LogP contribution is 2.37. The molecule has 1 aromatic carbocycles. The lowest BCUT2D eigenvalue weighted by molar-refractivity contribution is -0.385. The monoisotopic (exact) mass is 360 g/mol. The van der Waals surface area contributed by atoms with E-state index in [1.807, 2.05) is 13.8 Å². The van der Waals surface area contributed by atoms with Crippen LogP contribution in [0.15, 0.2) is 16.6 Å². The molecule has 7 heteroatoms. The molecule has 2 rings (SSSR count). The summed E-state index contributed by atoms with van der Waals surface area (Å²) in [6.07, 6.45) is 0.406. The van der Waals surface area contributed by atoms with Crippen molar-refractivity contribution < 1.29 is 9.31 Å². The summed E-state index contributed by atoms with van der Waals surface area (Å²) < 4.78 is 13.8. The normalized spacial score (nSPS) is 11.3. The van der Waals surface area contributed by atoms with E-state index >= 15 is 0 Å². The van der Waals surface area contributed by atoms with Gasteiger partial charge < -0.3 is 0 Å². The number of nitro groups is 1. The molecule has 1 aromatic heterocycles. The van der Waals surface area contributed by atoms with Crippen molar-refractivity contribution in [2.45, 2.75) is 20.3 Å². The molecule has 2 aromatic rings. The zero-order valence-corrected chi connectivity index (χ0v) is 13.1. The highest BCUT2D eigenvalue weighted by atomic mass is 79.9. The number of benzene rings is 1. The van der Waals surface area contributed by atoms with Crippen molar-refractivity contribution in [2.75, 3.05) is 0 Å². The van der Waals surface area contributed by atoms with E-state index in [4.69, 9.17) is 11.6 Å². The highest BCUT2D eigenvalue weighted by Gasteiger charge is 2.24. The van der Waals surface area contributed by atoms with Gasteiger partial charge in [-0.2, -0.15) is 0 Å². The van der Waals surface area contributed by atoms with Crippen molar-refractivity contribution in [3.05, 3.63) is 43.3 Å². The van der Waals surface area contributed by atoms with Gasteiger partial charge in [0.1, 0.15) is 16.5 Å². The second-order valence-corrected chi connectivity index (χ2v) is 6.09. The molecule has 0 N–H and O–H groups in total. The first-order valence-electron chi connectivity index (χ1n) is 5.92. The minimum absolute atomic E-state index is 0.00338. The third-order valence-electron chi connectivity index (χ3n) is 2.80. The van der Waals surface area contributed by atoms with E-state index < -0.39 is 10.7 Å². The summed E-state index contributed by atoms with van der Waals surface area (Å²) in [4.78, 5) is 14.9. The lowest BCUT2D eigenvalue weighted by Crippen LogP contribution is -2.04. The van der Waals surface area contributed by atoms with Gasteiger partial charge in [0.05, 0.1) is 14.9 Å². The van der Waals surface area contributed by atoms with Crippen LogP contribution in [0.3, 0.4) is 0 Å². The Morgan fingerprint density at radius 3 is 2.70 bits per heavy atom. The van der Waals surface area contributed by atoms with E-state index in [0.29, 0.717) is 17.3 Å². The van der Waals surface area contributed by atoms with Gasteiger partial charge >= 0.3 is 5.69 Å². The van der Waals surface area contributed by atoms with Crippen LogP contribution in [-0.4, -0.2) is 9.91 Å². The molecule has 0 atom stereocenters. The second kappa shape index (κ2) is 5.61. The molecule has 0 aliphatic heterocycles. The van der Waals surface area contributed by atoms with Crippen LogP contribution < -0.4 is 0 Å².